The molecule has 0 unspecified atom stereocenters. The van der Waals surface area contributed by atoms with Gasteiger partial charge in [-0.2, -0.15) is 5.10 Å². The summed E-state index contributed by atoms with van der Waals surface area (Å²) in [4.78, 5) is 53.0. The van der Waals surface area contributed by atoms with Gasteiger partial charge >= 0.3 is 0 Å². The van der Waals surface area contributed by atoms with Gasteiger partial charge in [0.25, 0.3) is 11.6 Å². The highest BCUT2D eigenvalue weighted by molar-refractivity contribution is 6.25. The van der Waals surface area contributed by atoms with Gasteiger partial charge in [-0.3, -0.25) is 24.5 Å². The van der Waals surface area contributed by atoms with Crippen molar-refractivity contribution in [1.82, 2.24) is 5.43 Å². The number of carbonyl (C=O) groups excluding carboxylic acids is 3. The molecule has 4 aliphatic rings. The number of non-ortho nitro benzene ring substituents is 1. The van der Waals surface area contributed by atoms with Crippen LogP contribution in [0.25, 0.3) is 0 Å². The van der Waals surface area contributed by atoms with Gasteiger partial charge in [0.1, 0.15) is 11.6 Å². The largest absolute Gasteiger partial charge is 0.507 e. The van der Waals surface area contributed by atoms with Gasteiger partial charge in [0, 0.05) is 24.3 Å². The minimum atomic E-state index is -1.29. The summed E-state index contributed by atoms with van der Waals surface area (Å²) in [5.74, 6) is -4.95. The summed E-state index contributed by atoms with van der Waals surface area (Å²) in [6, 6.07) is 23.1. The third-order valence-electron chi connectivity index (χ3n) is 8.64. The molecule has 2 N–H and O–H groups in total. The van der Waals surface area contributed by atoms with Crippen LogP contribution < -0.4 is 10.3 Å². The standard InChI is InChI=1S/C32H21FN4O6/c33-17-9-11-18(12-10-17)36-30(40)27-26-20-5-1-3-7-23(20)32(28(27)31(36)41,24-8-4-2-6-21(24)26)16-34-35-29(39)22-15-19(37(42)43)13-14-25(22)38/h1-16,26-28,38H,(H,35,39)/b34-16-/t26?,27-,28-,32?/m1/s1. The first-order valence-corrected chi connectivity index (χ1v) is 13.4. The van der Waals surface area contributed by atoms with Crippen molar-refractivity contribution in [2.75, 3.05) is 4.90 Å². The van der Waals surface area contributed by atoms with E-state index < -0.39 is 63.1 Å². The van der Waals surface area contributed by atoms with Crippen molar-refractivity contribution >= 4 is 35.3 Å². The number of nitrogens with zero attached hydrogens (tertiary/aromatic N) is 3. The minimum Gasteiger partial charge on any atom is -0.507 e. The number of hydrazone groups is 1. The molecule has 4 aromatic rings. The van der Waals surface area contributed by atoms with E-state index in [1.165, 1.54) is 30.5 Å². The van der Waals surface area contributed by atoms with Gasteiger partial charge in [0.2, 0.25) is 11.8 Å². The SMILES string of the molecule is O=C(N/N=C\C12c3ccccc3C(c3ccccc31)[C@H]1C(=O)N(c3ccc(F)cc3)C(=O)[C@@H]12)c1cc([N+](=O)[O-])ccc1O. The Labute approximate surface area is 243 Å². The van der Waals surface area contributed by atoms with E-state index in [2.05, 4.69) is 10.5 Å². The Morgan fingerprint density at radius 1 is 0.953 bits per heavy atom. The number of hydrogen-bond donors (Lipinski definition) is 2. The smallest absolute Gasteiger partial charge is 0.275 e. The number of benzene rings is 4. The number of imide groups is 1. The molecular weight excluding hydrogens is 555 g/mol. The molecule has 10 nitrogen and oxygen atoms in total. The van der Waals surface area contributed by atoms with Gasteiger partial charge in [-0.1, -0.05) is 48.5 Å². The van der Waals surface area contributed by atoms with Gasteiger partial charge in [-0.15, -0.1) is 0 Å². The summed E-state index contributed by atoms with van der Waals surface area (Å²) in [7, 11) is 0. The number of hydrogen-bond acceptors (Lipinski definition) is 7. The van der Waals surface area contributed by atoms with Crippen LogP contribution in [-0.2, 0) is 15.0 Å². The molecule has 212 valence electrons. The molecule has 2 atom stereocenters. The number of phenolic OH excluding ortho intramolecular Hbond substituents is 1. The first-order valence-electron chi connectivity index (χ1n) is 13.4. The molecule has 1 fully saturated rings. The predicted molar refractivity (Wildman–Crippen MR) is 152 cm³/mol. The van der Waals surface area contributed by atoms with Crippen LogP contribution in [0.1, 0.15) is 38.5 Å². The highest BCUT2D eigenvalue weighted by Crippen LogP contribution is 2.63. The van der Waals surface area contributed by atoms with Crippen LogP contribution in [0.3, 0.4) is 0 Å². The molecule has 1 saturated heterocycles. The molecule has 0 radical (unpaired) electrons. The lowest BCUT2D eigenvalue weighted by Gasteiger charge is -2.52. The fourth-order valence-electron chi connectivity index (χ4n) is 6.97. The summed E-state index contributed by atoms with van der Waals surface area (Å²) in [6.45, 7) is 0. The van der Waals surface area contributed by atoms with Crippen molar-refractivity contribution in [3.05, 3.63) is 135 Å². The lowest BCUT2D eigenvalue weighted by molar-refractivity contribution is -0.384. The number of nitrogens with one attached hydrogen (secondary N) is 1. The molecule has 0 saturated carbocycles. The Balaban J connectivity index is 1.37. The normalized spacial score (nSPS) is 23.2. The van der Waals surface area contributed by atoms with Crippen molar-refractivity contribution in [2.45, 2.75) is 11.3 Å². The number of nitro groups is 1. The van der Waals surface area contributed by atoms with Crippen LogP contribution in [0, 0.1) is 27.8 Å². The van der Waals surface area contributed by atoms with Crippen molar-refractivity contribution in [2.24, 2.45) is 16.9 Å². The van der Waals surface area contributed by atoms with Crippen LogP contribution in [0.15, 0.2) is 96.1 Å². The quantitative estimate of drug-likeness (QED) is 0.156. The van der Waals surface area contributed by atoms with Crippen LogP contribution in [0.5, 0.6) is 5.75 Å². The maximum absolute atomic E-state index is 14.3. The van der Waals surface area contributed by atoms with Gasteiger partial charge in [-0.25, -0.2) is 14.7 Å². The Morgan fingerprint density at radius 2 is 1.58 bits per heavy atom. The minimum absolute atomic E-state index is 0.250. The second-order valence-electron chi connectivity index (χ2n) is 10.7. The number of amides is 3. The molecule has 2 bridgehead atoms. The summed E-state index contributed by atoms with van der Waals surface area (Å²) in [6.07, 6.45) is 1.43. The van der Waals surface area contributed by atoms with E-state index in [1.54, 1.807) is 0 Å². The Kier molecular flexibility index (Phi) is 5.74. The molecule has 3 aliphatic carbocycles. The highest BCUT2D eigenvalue weighted by Gasteiger charge is 2.68. The number of aromatic hydroxyl groups is 1. The number of anilines is 1. The molecule has 43 heavy (non-hydrogen) atoms. The van der Waals surface area contributed by atoms with Crippen LogP contribution in [-0.4, -0.2) is 34.0 Å². The average Bonchev–Trinajstić information content (AvgIpc) is 3.28. The van der Waals surface area contributed by atoms with Gasteiger partial charge in [0.05, 0.1) is 33.4 Å². The molecular formula is C32H21FN4O6. The van der Waals surface area contributed by atoms with E-state index in [-0.39, 0.29) is 11.3 Å². The second kappa shape index (κ2) is 9.41. The highest BCUT2D eigenvalue weighted by atomic mass is 19.1. The van der Waals surface area contributed by atoms with Crippen LogP contribution in [0.4, 0.5) is 15.8 Å². The van der Waals surface area contributed by atoms with E-state index in [4.69, 9.17) is 0 Å². The lowest BCUT2D eigenvalue weighted by atomic mass is 9.47. The first-order chi connectivity index (χ1) is 20.7. The molecule has 0 spiro atoms. The number of nitro benzene ring substituents is 1. The number of rotatable bonds is 5. The van der Waals surface area contributed by atoms with E-state index in [0.29, 0.717) is 0 Å². The monoisotopic (exact) mass is 576 g/mol. The molecule has 1 aliphatic heterocycles. The Morgan fingerprint density at radius 3 is 2.21 bits per heavy atom. The third kappa shape index (κ3) is 3.64. The first kappa shape index (κ1) is 26.2. The topological polar surface area (TPSA) is 142 Å². The van der Waals surface area contributed by atoms with Crippen molar-refractivity contribution < 1.29 is 28.8 Å². The maximum Gasteiger partial charge on any atom is 0.275 e. The van der Waals surface area contributed by atoms with Gasteiger partial charge in [0.15, 0.2) is 0 Å². The fourth-order valence-corrected chi connectivity index (χ4v) is 6.97. The van der Waals surface area contributed by atoms with E-state index in [1.807, 2.05) is 48.5 Å². The Hall–Kier alpha value is -5.71. The van der Waals surface area contributed by atoms with Crippen molar-refractivity contribution in [3.8, 4) is 5.75 Å². The van der Waals surface area contributed by atoms with Crippen molar-refractivity contribution in [1.29, 1.82) is 0 Å². The van der Waals surface area contributed by atoms with Crippen LogP contribution in [0.2, 0.25) is 0 Å². The van der Waals surface area contributed by atoms with Gasteiger partial charge < -0.3 is 5.11 Å². The van der Waals surface area contributed by atoms with Crippen LogP contribution >= 0.6 is 0 Å². The predicted octanol–water partition coefficient (Wildman–Crippen LogP) is 4.41. The van der Waals surface area contributed by atoms with E-state index >= 15 is 0 Å². The maximum atomic E-state index is 14.3. The summed E-state index contributed by atoms with van der Waals surface area (Å²) in [5.41, 5.74) is 3.75. The van der Waals surface area contributed by atoms with Crippen molar-refractivity contribution in [3.63, 3.8) is 0 Å². The molecule has 1 heterocycles. The zero-order chi connectivity index (χ0) is 30.0. The zero-order valence-electron chi connectivity index (χ0n) is 22.2. The summed E-state index contributed by atoms with van der Waals surface area (Å²) in [5, 5.41) is 25.7. The molecule has 0 aromatic heterocycles. The molecule has 8 rings (SSSR count). The van der Waals surface area contributed by atoms with E-state index in [9.17, 15) is 34.0 Å². The number of phenols is 1. The number of halogens is 1. The molecule has 4 aromatic carbocycles. The average molecular weight is 577 g/mol. The zero-order valence-corrected chi connectivity index (χ0v) is 22.2. The Bertz CT molecular complexity index is 1860. The molecule has 3 amide bonds. The van der Waals surface area contributed by atoms with Gasteiger partial charge in [-0.05, 0) is 52.6 Å². The fraction of sp³-hybridized carbons (Fsp3) is 0.125. The number of carbonyl (C=O) groups is 3. The summed E-state index contributed by atoms with van der Waals surface area (Å²) >= 11 is 0. The lowest BCUT2D eigenvalue weighted by Crippen LogP contribution is -2.54. The second-order valence-corrected chi connectivity index (χ2v) is 10.7. The van der Waals surface area contributed by atoms with E-state index in [0.717, 1.165) is 45.4 Å². The third-order valence-corrected chi connectivity index (χ3v) is 8.64. The summed E-state index contributed by atoms with van der Waals surface area (Å²) < 4.78 is 13.7. The molecule has 11 heteroatoms.